The van der Waals surface area contributed by atoms with Crippen molar-refractivity contribution in [1.29, 1.82) is 0 Å². The summed E-state index contributed by atoms with van der Waals surface area (Å²) in [5, 5.41) is 2.65. The van der Waals surface area contributed by atoms with Gasteiger partial charge in [-0.3, -0.25) is 14.3 Å². The molecule has 0 aliphatic carbocycles. The van der Waals surface area contributed by atoms with Gasteiger partial charge in [-0.25, -0.2) is 0 Å². The lowest BCUT2D eigenvalue weighted by Crippen LogP contribution is -2.15. The van der Waals surface area contributed by atoms with Gasteiger partial charge in [0.1, 0.15) is 11.6 Å². The minimum Gasteiger partial charge on any atom is -0.469 e. The van der Waals surface area contributed by atoms with Gasteiger partial charge in [0.15, 0.2) is 11.5 Å². The van der Waals surface area contributed by atoms with Gasteiger partial charge < -0.3 is 4.74 Å². The van der Waals surface area contributed by atoms with E-state index in [0.29, 0.717) is 0 Å². The summed E-state index contributed by atoms with van der Waals surface area (Å²) in [5.74, 6) is -2.04. The fraction of sp³-hybridized carbons (Fsp3) is 0.444. The maximum atomic E-state index is 12.6. The second-order valence-electron chi connectivity index (χ2n) is 3.31. The highest BCUT2D eigenvalue weighted by molar-refractivity contribution is 6.33. The molecule has 1 rings (SSSR count). The maximum absolute atomic E-state index is 12.6. The summed E-state index contributed by atoms with van der Waals surface area (Å²) in [6, 6.07) is 0. The lowest BCUT2D eigenvalue weighted by atomic mass is 10.1. The van der Waals surface area contributed by atoms with Crippen molar-refractivity contribution in [1.82, 2.24) is 9.78 Å². The average molecular weight is 285 g/mol. The van der Waals surface area contributed by atoms with E-state index in [1.54, 1.807) is 0 Å². The Morgan fingerprint density at radius 1 is 1.44 bits per heavy atom. The van der Waals surface area contributed by atoms with Gasteiger partial charge in [0.05, 0.1) is 12.7 Å². The van der Waals surface area contributed by atoms with Gasteiger partial charge in [0.25, 0.3) is 0 Å². The Hall–Kier alpha value is -1.57. The smallest absolute Gasteiger partial charge is 0.435 e. The standard InChI is InChI=1S/C9H8ClF3N2O3/c1-15-8(10)6(4(16)3-5(17)18-2)7(14-15)9(11,12)13/h3H2,1-2H3. The predicted octanol–water partition coefficient (Wildman–Crippen LogP) is 1.84. The molecule has 0 fully saturated rings. The van der Waals surface area contributed by atoms with E-state index in [2.05, 4.69) is 9.84 Å². The third-order valence-electron chi connectivity index (χ3n) is 2.06. The normalized spacial score (nSPS) is 11.4. The monoisotopic (exact) mass is 284 g/mol. The van der Waals surface area contributed by atoms with Crippen molar-refractivity contribution in [3.63, 3.8) is 0 Å². The predicted molar refractivity (Wildman–Crippen MR) is 54.2 cm³/mol. The zero-order chi connectivity index (χ0) is 14.1. The van der Waals surface area contributed by atoms with E-state index in [1.807, 2.05) is 0 Å². The van der Waals surface area contributed by atoms with E-state index in [1.165, 1.54) is 0 Å². The first kappa shape index (κ1) is 14.5. The molecular weight excluding hydrogens is 277 g/mol. The zero-order valence-electron chi connectivity index (χ0n) is 9.34. The van der Waals surface area contributed by atoms with Crippen LogP contribution in [-0.2, 0) is 22.8 Å². The Morgan fingerprint density at radius 2 is 2.00 bits per heavy atom. The Morgan fingerprint density at radius 3 is 2.44 bits per heavy atom. The highest BCUT2D eigenvalue weighted by atomic mass is 35.5. The van der Waals surface area contributed by atoms with Crippen LogP contribution >= 0.6 is 11.6 Å². The van der Waals surface area contributed by atoms with Gasteiger partial charge in [0, 0.05) is 7.05 Å². The van der Waals surface area contributed by atoms with Crippen molar-refractivity contribution in [2.24, 2.45) is 7.05 Å². The first-order chi connectivity index (χ1) is 8.18. The molecule has 0 bridgehead atoms. The van der Waals surface area contributed by atoms with Crippen molar-refractivity contribution in [3.05, 3.63) is 16.4 Å². The molecule has 100 valence electrons. The second-order valence-corrected chi connectivity index (χ2v) is 3.67. The molecule has 0 N–H and O–H groups in total. The summed E-state index contributed by atoms with van der Waals surface area (Å²) in [6.07, 6.45) is -5.66. The maximum Gasteiger partial charge on any atom is 0.435 e. The molecule has 0 atom stereocenters. The summed E-state index contributed by atoms with van der Waals surface area (Å²) in [4.78, 5) is 22.5. The van der Waals surface area contributed by atoms with E-state index in [4.69, 9.17) is 11.6 Å². The number of ketones is 1. The Bertz CT molecular complexity index is 496. The molecule has 0 radical (unpaired) electrons. The number of nitrogens with zero attached hydrogens (tertiary/aromatic N) is 2. The van der Waals surface area contributed by atoms with Gasteiger partial charge in [-0.2, -0.15) is 18.3 Å². The number of rotatable bonds is 3. The van der Waals surface area contributed by atoms with Gasteiger partial charge in [-0.15, -0.1) is 0 Å². The SMILES string of the molecule is COC(=O)CC(=O)c1c(C(F)(F)F)nn(C)c1Cl. The van der Waals surface area contributed by atoms with Gasteiger partial charge >= 0.3 is 12.1 Å². The van der Waals surface area contributed by atoms with Crippen LogP contribution in [0.15, 0.2) is 0 Å². The third-order valence-corrected chi connectivity index (χ3v) is 2.49. The highest BCUT2D eigenvalue weighted by Gasteiger charge is 2.41. The van der Waals surface area contributed by atoms with Gasteiger partial charge in [0.2, 0.25) is 0 Å². The first-order valence-electron chi connectivity index (χ1n) is 4.58. The Kier molecular flexibility index (Phi) is 4.00. The molecule has 0 unspecified atom stereocenters. The molecule has 0 saturated heterocycles. The van der Waals surface area contributed by atoms with Crippen LogP contribution in [0.25, 0.3) is 0 Å². The van der Waals surface area contributed by atoms with Crippen LogP contribution in [0.4, 0.5) is 13.2 Å². The molecule has 0 aliphatic rings. The fourth-order valence-electron chi connectivity index (χ4n) is 1.24. The van der Waals surface area contributed by atoms with E-state index < -0.39 is 40.8 Å². The zero-order valence-corrected chi connectivity index (χ0v) is 10.1. The van der Waals surface area contributed by atoms with Crippen LogP contribution in [-0.4, -0.2) is 28.6 Å². The molecule has 0 aliphatic heterocycles. The van der Waals surface area contributed by atoms with Gasteiger partial charge in [-0.1, -0.05) is 11.6 Å². The van der Waals surface area contributed by atoms with Crippen molar-refractivity contribution in [2.45, 2.75) is 12.6 Å². The molecule has 0 aromatic carbocycles. The van der Waals surface area contributed by atoms with E-state index in [9.17, 15) is 22.8 Å². The molecule has 1 heterocycles. The Labute approximate surface area is 104 Å². The lowest BCUT2D eigenvalue weighted by molar-refractivity contribution is -0.142. The van der Waals surface area contributed by atoms with Crippen LogP contribution in [0.5, 0.6) is 0 Å². The van der Waals surface area contributed by atoms with Crippen LogP contribution in [0.3, 0.4) is 0 Å². The summed E-state index contributed by atoms with van der Waals surface area (Å²) < 4.78 is 42.8. The van der Waals surface area contributed by atoms with E-state index >= 15 is 0 Å². The molecule has 0 amide bonds. The van der Waals surface area contributed by atoms with Gasteiger partial charge in [-0.05, 0) is 0 Å². The number of Topliss-reactive ketones (excluding diaryl/α,β-unsaturated/α-hetero) is 1. The minimum atomic E-state index is -4.83. The fourth-order valence-corrected chi connectivity index (χ4v) is 1.47. The van der Waals surface area contributed by atoms with Crippen LogP contribution in [0, 0.1) is 0 Å². The molecule has 0 saturated carbocycles. The van der Waals surface area contributed by atoms with Crippen molar-refractivity contribution in [3.8, 4) is 0 Å². The average Bonchev–Trinajstić information content (AvgIpc) is 2.55. The van der Waals surface area contributed by atoms with Crippen molar-refractivity contribution >= 4 is 23.4 Å². The molecule has 1 aromatic rings. The molecule has 5 nitrogen and oxygen atoms in total. The first-order valence-corrected chi connectivity index (χ1v) is 4.96. The largest absolute Gasteiger partial charge is 0.469 e. The highest BCUT2D eigenvalue weighted by Crippen LogP contribution is 2.34. The molecule has 1 aromatic heterocycles. The van der Waals surface area contributed by atoms with E-state index in [-0.39, 0.29) is 0 Å². The van der Waals surface area contributed by atoms with Crippen LogP contribution < -0.4 is 0 Å². The number of alkyl halides is 3. The number of carbonyl (C=O) groups excluding carboxylic acids is 2. The minimum absolute atomic E-state index is 0.476. The number of aromatic nitrogens is 2. The number of halogens is 4. The van der Waals surface area contributed by atoms with E-state index in [0.717, 1.165) is 18.8 Å². The number of esters is 1. The quantitative estimate of drug-likeness (QED) is 0.483. The summed E-state index contributed by atoms with van der Waals surface area (Å²) in [5.41, 5.74) is -2.24. The number of hydrogen-bond donors (Lipinski definition) is 0. The number of hydrogen-bond acceptors (Lipinski definition) is 4. The Balaban J connectivity index is 3.23. The van der Waals surface area contributed by atoms with Crippen molar-refractivity contribution < 1.29 is 27.5 Å². The second kappa shape index (κ2) is 4.97. The number of carbonyl (C=O) groups is 2. The molecular formula is C9H8ClF3N2O3. The lowest BCUT2D eigenvalue weighted by Gasteiger charge is -2.05. The summed E-state index contributed by atoms with van der Waals surface area (Å²) >= 11 is 5.57. The van der Waals surface area contributed by atoms with Crippen LogP contribution in [0.1, 0.15) is 22.5 Å². The third kappa shape index (κ3) is 2.81. The number of methoxy groups -OCH3 is 1. The molecule has 9 heteroatoms. The molecule has 18 heavy (non-hydrogen) atoms. The van der Waals surface area contributed by atoms with Crippen molar-refractivity contribution in [2.75, 3.05) is 7.11 Å². The topological polar surface area (TPSA) is 61.2 Å². The number of aryl methyl sites for hydroxylation is 1. The molecule has 0 spiro atoms. The number of ether oxygens (including phenoxy) is 1. The summed E-state index contributed by atoms with van der Waals surface area (Å²) in [7, 11) is 2.18. The summed E-state index contributed by atoms with van der Waals surface area (Å²) in [6.45, 7) is 0. The van der Waals surface area contributed by atoms with Crippen LogP contribution in [0.2, 0.25) is 5.15 Å².